The largest absolute Gasteiger partial charge is 0.493 e. The molecule has 128 valence electrons. The Balaban J connectivity index is 1.70. The van der Waals surface area contributed by atoms with Crippen LogP contribution in [0.15, 0.2) is 65.2 Å². The third kappa shape index (κ3) is 2.71. The summed E-state index contributed by atoms with van der Waals surface area (Å²) in [6, 6.07) is 13.6. The molecule has 0 saturated heterocycles. The first-order valence-electron chi connectivity index (χ1n) is 8.05. The normalized spacial score (nSPS) is 13.7. The molecule has 6 nitrogen and oxygen atoms in total. The van der Waals surface area contributed by atoms with E-state index in [0.29, 0.717) is 11.5 Å². The summed E-state index contributed by atoms with van der Waals surface area (Å²) in [5.74, 6) is 1.32. The second kappa shape index (κ2) is 6.76. The highest BCUT2D eigenvalue weighted by Gasteiger charge is 2.25. The molecule has 6 heteroatoms. The molecule has 3 aromatic rings. The second-order valence-corrected chi connectivity index (χ2v) is 5.64. The first-order chi connectivity index (χ1) is 12.8. The van der Waals surface area contributed by atoms with Gasteiger partial charge in [-0.2, -0.15) is 5.10 Å². The van der Waals surface area contributed by atoms with Gasteiger partial charge in [-0.1, -0.05) is 24.3 Å². The van der Waals surface area contributed by atoms with Gasteiger partial charge in [0.25, 0.3) is 0 Å². The number of ether oxygens (including phenoxy) is 2. The maximum atomic E-state index is 5.31. The summed E-state index contributed by atoms with van der Waals surface area (Å²) in [4.78, 5) is 8.51. The number of hydrogen-bond donors (Lipinski definition) is 0. The number of nitrogens with zero attached hydrogens (tertiary/aromatic N) is 4. The van der Waals surface area contributed by atoms with Crippen molar-refractivity contribution >= 4 is 11.9 Å². The van der Waals surface area contributed by atoms with Crippen molar-refractivity contribution in [3.63, 3.8) is 0 Å². The Bertz CT molecular complexity index is 980. The Morgan fingerprint density at radius 1 is 0.923 bits per heavy atom. The molecule has 1 aliphatic carbocycles. The lowest BCUT2D eigenvalue weighted by Crippen LogP contribution is -1.98. The maximum absolute atomic E-state index is 5.31. The molecule has 0 fully saturated rings. The molecule has 0 spiro atoms. The van der Waals surface area contributed by atoms with Crippen molar-refractivity contribution in [2.45, 2.75) is 0 Å². The van der Waals surface area contributed by atoms with Gasteiger partial charge in [0.15, 0.2) is 11.5 Å². The zero-order valence-electron chi connectivity index (χ0n) is 14.4. The van der Waals surface area contributed by atoms with Gasteiger partial charge in [-0.05, 0) is 23.8 Å². The number of benzene rings is 2. The fraction of sp³-hybridized carbons (Fsp3) is 0.100. The van der Waals surface area contributed by atoms with Crippen molar-refractivity contribution in [2.75, 3.05) is 14.2 Å². The molecule has 1 aromatic heterocycles. The monoisotopic (exact) mass is 344 g/mol. The van der Waals surface area contributed by atoms with Gasteiger partial charge in [0.1, 0.15) is 12.0 Å². The van der Waals surface area contributed by atoms with Gasteiger partial charge < -0.3 is 9.47 Å². The lowest BCUT2D eigenvalue weighted by molar-refractivity contribution is 0.355. The van der Waals surface area contributed by atoms with Gasteiger partial charge in [0, 0.05) is 22.9 Å². The Kier molecular flexibility index (Phi) is 4.15. The van der Waals surface area contributed by atoms with Crippen molar-refractivity contribution < 1.29 is 9.47 Å². The Hall–Kier alpha value is -3.54. The second-order valence-electron chi connectivity index (χ2n) is 5.64. The van der Waals surface area contributed by atoms with Crippen LogP contribution in [-0.4, -0.2) is 36.1 Å². The van der Waals surface area contributed by atoms with E-state index >= 15 is 0 Å². The quantitative estimate of drug-likeness (QED) is 0.420. The lowest BCUT2D eigenvalue weighted by Gasteiger charge is -2.07. The van der Waals surface area contributed by atoms with E-state index in [1.54, 1.807) is 33.0 Å². The first kappa shape index (κ1) is 16.0. The molecule has 0 atom stereocenters. The predicted molar refractivity (Wildman–Crippen MR) is 100 cm³/mol. The predicted octanol–water partition coefficient (Wildman–Crippen LogP) is 3.35. The van der Waals surface area contributed by atoms with Gasteiger partial charge in [0.05, 0.1) is 26.1 Å². The van der Waals surface area contributed by atoms with Gasteiger partial charge >= 0.3 is 0 Å². The van der Waals surface area contributed by atoms with Crippen LogP contribution in [0.25, 0.3) is 11.3 Å². The minimum absolute atomic E-state index is 0.647. The van der Waals surface area contributed by atoms with Crippen LogP contribution in [0.2, 0.25) is 0 Å². The van der Waals surface area contributed by atoms with E-state index in [1.165, 1.54) is 0 Å². The van der Waals surface area contributed by atoms with Gasteiger partial charge in [0.2, 0.25) is 0 Å². The third-order valence-electron chi connectivity index (χ3n) is 4.18. The van der Waals surface area contributed by atoms with Crippen molar-refractivity contribution in [3.05, 3.63) is 71.7 Å². The zero-order valence-corrected chi connectivity index (χ0v) is 14.4. The van der Waals surface area contributed by atoms with Crippen LogP contribution < -0.4 is 9.47 Å². The fourth-order valence-electron chi connectivity index (χ4n) is 2.95. The highest BCUT2D eigenvalue weighted by atomic mass is 16.5. The molecule has 0 saturated carbocycles. The van der Waals surface area contributed by atoms with Crippen molar-refractivity contribution in [2.24, 2.45) is 10.2 Å². The van der Waals surface area contributed by atoms with E-state index in [0.717, 1.165) is 33.7 Å². The molecule has 4 rings (SSSR count). The van der Waals surface area contributed by atoms with Crippen LogP contribution in [0.5, 0.6) is 11.5 Å². The number of rotatable bonds is 4. The molecule has 0 amide bonds. The van der Waals surface area contributed by atoms with E-state index < -0.39 is 0 Å². The number of hydrogen-bond acceptors (Lipinski definition) is 6. The molecule has 2 aromatic carbocycles. The van der Waals surface area contributed by atoms with E-state index in [9.17, 15) is 0 Å². The number of aromatic nitrogens is 2. The maximum Gasteiger partial charge on any atom is 0.161 e. The molecular formula is C20H16N4O2. The Labute approximate surface area is 150 Å². The van der Waals surface area contributed by atoms with Crippen LogP contribution in [0.3, 0.4) is 0 Å². The standard InChI is InChI=1S/C20H16N4O2/c1-25-17-8-7-13(9-18(17)26-2)10-23-24-20-15-6-4-3-5-14(15)19-16(20)11-21-12-22-19/h3-12H,1-2H3/b23-10+,24-20-. The summed E-state index contributed by atoms with van der Waals surface area (Å²) in [6.07, 6.45) is 5.00. The van der Waals surface area contributed by atoms with Crippen molar-refractivity contribution in [1.82, 2.24) is 9.97 Å². The summed E-state index contributed by atoms with van der Waals surface area (Å²) < 4.78 is 10.6. The summed E-state index contributed by atoms with van der Waals surface area (Å²) in [5, 5.41) is 8.70. The van der Waals surface area contributed by atoms with Crippen molar-refractivity contribution in [1.29, 1.82) is 0 Å². The van der Waals surface area contributed by atoms with Crippen LogP contribution in [0, 0.1) is 0 Å². The third-order valence-corrected chi connectivity index (χ3v) is 4.18. The summed E-state index contributed by atoms with van der Waals surface area (Å²) in [6.45, 7) is 0. The topological polar surface area (TPSA) is 69.0 Å². The molecule has 1 aliphatic rings. The molecule has 0 N–H and O–H groups in total. The van der Waals surface area contributed by atoms with E-state index in [4.69, 9.17) is 9.47 Å². The smallest absolute Gasteiger partial charge is 0.161 e. The summed E-state index contributed by atoms with van der Waals surface area (Å²) in [5.41, 5.74) is 5.46. The van der Waals surface area contributed by atoms with Gasteiger partial charge in [-0.3, -0.25) is 0 Å². The highest BCUT2D eigenvalue weighted by Crippen LogP contribution is 2.34. The van der Waals surface area contributed by atoms with E-state index in [1.807, 2.05) is 42.5 Å². The molecule has 0 radical (unpaired) electrons. The zero-order chi connectivity index (χ0) is 17.9. The molecule has 1 heterocycles. The molecule has 0 aliphatic heterocycles. The van der Waals surface area contributed by atoms with Crippen LogP contribution in [0.4, 0.5) is 0 Å². The van der Waals surface area contributed by atoms with E-state index in [2.05, 4.69) is 20.2 Å². The highest BCUT2D eigenvalue weighted by molar-refractivity contribution is 6.23. The van der Waals surface area contributed by atoms with Crippen LogP contribution in [0.1, 0.15) is 16.7 Å². The minimum atomic E-state index is 0.647. The van der Waals surface area contributed by atoms with Crippen LogP contribution >= 0.6 is 0 Å². The first-order valence-corrected chi connectivity index (χ1v) is 8.05. The fourth-order valence-corrected chi connectivity index (χ4v) is 2.95. The lowest BCUT2D eigenvalue weighted by atomic mass is 10.1. The average molecular weight is 344 g/mol. The van der Waals surface area contributed by atoms with Gasteiger partial charge in [-0.15, -0.1) is 5.10 Å². The number of fused-ring (bicyclic) bond motifs is 3. The average Bonchev–Trinajstić information content (AvgIpc) is 3.02. The molecular weight excluding hydrogens is 328 g/mol. The van der Waals surface area contributed by atoms with Gasteiger partial charge in [-0.25, -0.2) is 9.97 Å². The van der Waals surface area contributed by atoms with Crippen molar-refractivity contribution in [3.8, 4) is 22.8 Å². The summed E-state index contributed by atoms with van der Waals surface area (Å²) in [7, 11) is 3.21. The Morgan fingerprint density at radius 2 is 1.73 bits per heavy atom. The molecule has 0 bridgehead atoms. The number of methoxy groups -OCH3 is 2. The minimum Gasteiger partial charge on any atom is -0.493 e. The van der Waals surface area contributed by atoms with E-state index in [-0.39, 0.29) is 0 Å². The summed E-state index contributed by atoms with van der Waals surface area (Å²) >= 11 is 0. The molecule has 26 heavy (non-hydrogen) atoms. The van der Waals surface area contributed by atoms with Crippen LogP contribution in [-0.2, 0) is 0 Å². The SMILES string of the molecule is COc1ccc(/C=N/N=C2/c3ccccc3-c3ncncc32)cc1OC. The Morgan fingerprint density at radius 3 is 2.54 bits per heavy atom. The molecule has 0 unspecified atom stereocenters.